The van der Waals surface area contributed by atoms with Crippen LogP contribution in [-0.2, 0) is 0 Å². The van der Waals surface area contributed by atoms with Crippen molar-refractivity contribution in [1.29, 1.82) is 0 Å². The van der Waals surface area contributed by atoms with Crippen LogP contribution < -0.4 is 10.1 Å². The van der Waals surface area contributed by atoms with Gasteiger partial charge in [-0.25, -0.2) is 22.4 Å². The number of benzene rings is 2. The molecule has 0 aliphatic heterocycles. The van der Waals surface area contributed by atoms with Crippen molar-refractivity contribution >= 4 is 39.9 Å². The molecular weight excluding hydrogens is 491 g/mol. The summed E-state index contributed by atoms with van der Waals surface area (Å²) in [5.74, 6) is -5.82. The number of esters is 1. The molecule has 1 aromatic heterocycles. The number of anilines is 2. The monoisotopic (exact) mass is 502 g/mol. The van der Waals surface area contributed by atoms with Crippen LogP contribution in [0.25, 0.3) is 0 Å². The molecule has 0 radical (unpaired) electrons. The van der Waals surface area contributed by atoms with Gasteiger partial charge in [0.15, 0.2) is 23.2 Å². The molecule has 9 heteroatoms. The molecule has 0 amide bonds. The van der Waals surface area contributed by atoms with Crippen LogP contribution in [0.5, 0.6) is 5.75 Å². The minimum Gasteiger partial charge on any atom is -0.420 e. The molecule has 0 aliphatic carbocycles. The van der Waals surface area contributed by atoms with Crippen molar-refractivity contribution in [3.63, 3.8) is 0 Å². The zero-order chi connectivity index (χ0) is 20.4. The molecule has 1 heterocycles. The Hall–Kier alpha value is -2.69. The van der Waals surface area contributed by atoms with Gasteiger partial charge in [-0.2, -0.15) is 0 Å². The van der Waals surface area contributed by atoms with Crippen LogP contribution in [0.15, 0.2) is 42.7 Å². The number of halogens is 5. The summed E-state index contributed by atoms with van der Waals surface area (Å²) in [5, 5.41) is 2.39. The van der Waals surface area contributed by atoms with E-state index >= 15 is 0 Å². The Morgan fingerprint density at radius 1 is 1.07 bits per heavy atom. The molecule has 0 fully saturated rings. The van der Waals surface area contributed by atoms with Crippen molar-refractivity contribution in [1.82, 2.24) is 4.98 Å². The molecular formula is C19H11F4IN2O2. The van der Waals surface area contributed by atoms with Crippen LogP contribution in [0.2, 0.25) is 0 Å². The zero-order valence-corrected chi connectivity index (χ0v) is 16.4. The van der Waals surface area contributed by atoms with Crippen LogP contribution in [0, 0.1) is 33.8 Å². The van der Waals surface area contributed by atoms with Gasteiger partial charge >= 0.3 is 5.97 Å². The van der Waals surface area contributed by atoms with Crippen LogP contribution in [0.4, 0.5) is 28.9 Å². The quantitative estimate of drug-likeness (QED) is 0.291. The number of carbonyl (C=O) groups is 1. The van der Waals surface area contributed by atoms with Crippen LogP contribution in [-0.4, -0.2) is 11.0 Å². The predicted octanol–water partition coefficient (Wildman–Crippen LogP) is 5.51. The van der Waals surface area contributed by atoms with Crippen molar-refractivity contribution in [3.8, 4) is 5.75 Å². The van der Waals surface area contributed by atoms with E-state index in [9.17, 15) is 22.4 Å². The first-order chi connectivity index (χ1) is 13.3. The minimum atomic E-state index is -1.39. The maximum absolute atomic E-state index is 14.5. The van der Waals surface area contributed by atoms with Gasteiger partial charge in [0.1, 0.15) is 5.82 Å². The highest BCUT2D eigenvalue weighted by atomic mass is 127. The van der Waals surface area contributed by atoms with E-state index in [1.54, 1.807) is 6.07 Å². The number of nitrogens with zero attached hydrogens (tertiary/aromatic N) is 1. The summed E-state index contributed by atoms with van der Waals surface area (Å²) >= 11 is 1.89. The predicted molar refractivity (Wildman–Crippen MR) is 103 cm³/mol. The molecule has 0 saturated carbocycles. The highest BCUT2D eigenvalue weighted by Gasteiger charge is 2.24. The summed E-state index contributed by atoms with van der Waals surface area (Å²) < 4.78 is 61.9. The number of aryl methyl sites for hydroxylation is 1. The maximum atomic E-state index is 14.5. The van der Waals surface area contributed by atoms with Crippen molar-refractivity contribution in [3.05, 3.63) is 80.7 Å². The number of hydrogen-bond acceptors (Lipinski definition) is 4. The molecule has 1 N–H and O–H groups in total. The fourth-order valence-electron chi connectivity index (χ4n) is 2.36. The van der Waals surface area contributed by atoms with Crippen molar-refractivity contribution < 1.29 is 27.1 Å². The first-order valence-corrected chi connectivity index (χ1v) is 8.88. The Morgan fingerprint density at radius 2 is 1.82 bits per heavy atom. The van der Waals surface area contributed by atoms with E-state index in [4.69, 9.17) is 4.74 Å². The number of aromatic nitrogens is 1. The van der Waals surface area contributed by atoms with Gasteiger partial charge in [0.05, 0.1) is 23.1 Å². The van der Waals surface area contributed by atoms with Gasteiger partial charge in [-0.15, -0.1) is 0 Å². The van der Waals surface area contributed by atoms with E-state index < -0.39 is 46.2 Å². The summed E-state index contributed by atoms with van der Waals surface area (Å²) in [6.07, 6.45) is 2.03. The van der Waals surface area contributed by atoms with E-state index in [0.29, 0.717) is 3.57 Å². The number of pyridine rings is 1. The average molecular weight is 502 g/mol. The van der Waals surface area contributed by atoms with Crippen LogP contribution in [0.3, 0.4) is 0 Å². The molecule has 3 rings (SSSR count). The lowest BCUT2D eigenvalue weighted by molar-refractivity contribution is 0.0728. The molecule has 0 unspecified atom stereocenters. The molecule has 0 aliphatic rings. The van der Waals surface area contributed by atoms with Crippen LogP contribution in [0.1, 0.15) is 15.9 Å². The molecule has 0 bridgehead atoms. The summed E-state index contributed by atoms with van der Waals surface area (Å²) in [4.78, 5) is 16.0. The molecule has 0 spiro atoms. The fourth-order valence-corrected chi connectivity index (χ4v) is 2.82. The Bertz CT molecular complexity index is 1080. The Kier molecular flexibility index (Phi) is 5.82. The summed E-state index contributed by atoms with van der Waals surface area (Å²) in [5.41, 5.74) is -1.40. The van der Waals surface area contributed by atoms with E-state index in [1.807, 2.05) is 22.6 Å². The normalized spacial score (nSPS) is 10.6. The first kappa shape index (κ1) is 20.1. The third-order valence-electron chi connectivity index (χ3n) is 3.74. The largest absolute Gasteiger partial charge is 0.420 e. The second-order valence-corrected chi connectivity index (χ2v) is 6.93. The number of ether oxygens (including phenoxy) is 1. The molecule has 2 aromatic carbocycles. The molecule has 0 saturated heterocycles. The van der Waals surface area contributed by atoms with Crippen molar-refractivity contribution in [2.45, 2.75) is 6.92 Å². The second kappa shape index (κ2) is 8.13. The maximum Gasteiger partial charge on any atom is 0.345 e. The third-order valence-corrected chi connectivity index (χ3v) is 4.41. The SMILES string of the molecule is Cc1cc(C(=O)Oc2ccncc2F)c(Nc2ccc(I)cc2F)c(F)c1F. The van der Waals surface area contributed by atoms with Gasteiger partial charge in [-0.3, -0.25) is 4.98 Å². The first-order valence-electron chi connectivity index (χ1n) is 7.80. The molecule has 3 aromatic rings. The number of carbonyl (C=O) groups excluding carboxylic acids is 1. The molecule has 144 valence electrons. The zero-order valence-electron chi connectivity index (χ0n) is 14.2. The third kappa shape index (κ3) is 4.08. The average Bonchev–Trinajstić information content (AvgIpc) is 2.65. The van der Waals surface area contributed by atoms with E-state index in [1.165, 1.54) is 25.3 Å². The van der Waals surface area contributed by atoms with Crippen molar-refractivity contribution in [2.75, 3.05) is 5.32 Å². The Balaban J connectivity index is 2.05. The van der Waals surface area contributed by atoms with E-state index in [-0.39, 0.29) is 11.3 Å². The van der Waals surface area contributed by atoms with Crippen molar-refractivity contribution in [2.24, 2.45) is 0 Å². The van der Waals surface area contributed by atoms with Gasteiger partial charge in [0.2, 0.25) is 0 Å². The van der Waals surface area contributed by atoms with E-state index in [2.05, 4.69) is 10.3 Å². The standard InChI is InChI=1S/C19H11F4IN2O2/c1-9-6-11(19(27)28-15-4-5-25-8-13(15)21)18(17(23)16(9)22)26-14-3-2-10(24)7-12(14)20/h2-8,26H,1H3. The molecule has 4 nitrogen and oxygen atoms in total. The minimum absolute atomic E-state index is 0.173. The van der Waals surface area contributed by atoms with Gasteiger partial charge in [-0.1, -0.05) is 0 Å². The smallest absolute Gasteiger partial charge is 0.345 e. The number of rotatable bonds is 4. The lowest BCUT2D eigenvalue weighted by atomic mass is 10.1. The highest BCUT2D eigenvalue weighted by molar-refractivity contribution is 14.1. The topological polar surface area (TPSA) is 51.2 Å². The molecule has 28 heavy (non-hydrogen) atoms. The summed E-state index contributed by atoms with van der Waals surface area (Å²) in [7, 11) is 0. The number of nitrogens with one attached hydrogen (secondary N) is 1. The van der Waals surface area contributed by atoms with Gasteiger partial charge in [0, 0.05) is 15.8 Å². The van der Waals surface area contributed by atoms with Gasteiger partial charge < -0.3 is 10.1 Å². The fraction of sp³-hybridized carbons (Fsp3) is 0.0526. The van der Waals surface area contributed by atoms with E-state index in [0.717, 1.165) is 18.3 Å². The highest BCUT2D eigenvalue weighted by Crippen LogP contribution is 2.31. The lowest BCUT2D eigenvalue weighted by Gasteiger charge is -2.15. The Labute approximate surface area is 170 Å². The Morgan fingerprint density at radius 3 is 2.50 bits per heavy atom. The lowest BCUT2D eigenvalue weighted by Crippen LogP contribution is -2.15. The summed E-state index contributed by atoms with van der Waals surface area (Å²) in [6.45, 7) is 1.25. The van der Waals surface area contributed by atoms with Gasteiger partial charge in [0.25, 0.3) is 0 Å². The van der Waals surface area contributed by atoms with Gasteiger partial charge in [-0.05, 0) is 59.3 Å². The molecule has 0 atom stereocenters. The summed E-state index contributed by atoms with van der Waals surface area (Å²) in [6, 6.07) is 6.17. The second-order valence-electron chi connectivity index (χ2n) is 5.69. The number of hydrogen-bond donors (Lipinski definition) is 1. The van der Waals surface area contributed by atoms with Crippen LogP contribution >= 0.6 is 22.6 Å².